The van der Waals surface area contributed by atoms with E-state index in [1.54, 1.807) is 0 Å². The summed E-state index contributed by atoms with van der Waals surface area (Å²) in [7, 11) is 0. The number of hydrogen-bond acceptors (Lipinski definition) is 3. The van der Waals surface area contributed by atoms with E-state index in [1.807, 2.05) is 24.3 Å². The van der Waals surface area contributed by atoms with Crippen molar-refractivity contribution in [3.8, 4) is 5.75 Å². The molecule has 0 spiro atoms. The zero-order chi connectivity index (χ0) is 10.5. The maximum Gasteiger partial charge on any atom is 0.119 e. The molecule has 3 nitrogen and oxygen atoms in total. The molecule has 0 saturated heterocycles. The van der Waals surface area contributed by atoms with Crippen molar-refractivity contribution < 1.29 is 4.74 Å². The standard InChI is InChI=1S/C12H18N2O/c13-8-1-9-14-10-2-4-11(5-3-10)15-12-6-7-12/h2-5,12,14H,1,6-9,13H2. The quantitative estimate of drug-likeness (QED) is 0.700. The average Bonchev–Trinajstić information content (AvgIpc) is 3.05. The summed E-state index contributed by atoms with van der Waals surface area (Å²) in [6.45, 7) is 1.66. The fourth-order valence-corrected chi connectivity index (χ4v) is 1.36. The van der Waals surface area contributed by atoms with Gasteiger partial charge in [-0.05, 0) is 50.1 Å². The smallest absolute Gasteiger partial charge is 0.119 e. The minimum absolute atomic E-state index is 0.473. The van der Waals surface area contributed by atoms with E-state index in [1.165, 1.54) is 12.8 Å². The topological polar surface area (TPSA) is 47.3 Å². The molecule has 1 aromatic rings. The minimum atomic E-state index is 0.473. The Labute approximate surface area is 90.6 Å². The third kappa shape index (κ3) is 3.44. The maximum atomic E-state index is 5.66. The van der Waals surface area contributed by atoms with Gasteiger partial charge in [-0.1, -0.05) is 0 Å². The van der Waals surface area contributed by atoms with E-state index >= 15 is 0 Å². The van der Waals surface area contributed by atoms with Crippen molar-refractivity contribution in [1.29, 1.82) is 0 Å². The van der Waals surface area contributed by atoms with Crippen LogP contribution in [0.25, 0.3) is 0 Å². The fraction of sp³-hybridized carbons (Fsp3) is 0.500. The SMILES string of the molecule is NCCCNc1ccc(OC2CC2)cc1. The second kappa shape index (κ2) is 5.03. The van der Waals surface area contributed by atoms with Crippen molar-refractivity contribution in [1.82, 2.24) is 0 Å². The van der Waals surface area contributed by atoms with Crippen molar-refractivity contribution >= 4 is 5.69 Å². The first-order chi connectivity index (χ1) is 7.38. The highest BCUT2D eigenvalue weighted by molar-refractivity contribution is 5.46. The Bertz CT molecular complexity index is 293. The van der Waals surface area contributed by atoms with Crippen LogP contribution < -0.4 is 15.8 Å². The lowest BCUT2D eigenvalue weighted by Gasteiger charge is -2.07. The van der Waals surface area contributed by atoms with Crippen molar-refractivity contribution in [2.24, 2.45) is 5.73 Å². The monoisotopic (exact) mass is 206 g/mol. The van der Waals surface area contributed by atoms with Crippen molar-refractivity contribution in [3.63, 3.8) is 0 Å². The zero-order valence-corrected chi connectivity index (χ0v) is 8.91. The third-order valence-corrected chi connectivity index (χ3v) is 2.39. The van der Waals surface area contributed by atoms with Crippen LogP contribution in [0.5, 0.6) is 5.75 Å². The second-order valence-corrected chi connectivity index (χ2v) is 3.91. The van der Waals surface area contributed by atoms with Gasteiger partial charge in [-0.3, -0.25) is 0 Å². The highest BCUT2D eigenvalue weighted by atomic mass is 16.5. The van der Waals surface area contributed by atoms with E-state index < -0.39 is 0 Å². The molecular formula is C12H18N2O. The van der Waals surface area contributed by atoms with E-state index in [0.29, 0.717) is 6.10 Å². The first kappa shape index (κ1) is 10.3. The lowest BCUT2D eigenvalue weighted by atomic mass is 10.3. The van der Waals surface area contributed by atoms with Crippen LogP contribution >= 0.6 is 0 Å². The van der Waals surface area contributed by atoms with E-state index in [4.69, 9.17) is 10.5 Å². The molecule has 0 unspecified atom stereocenters. The molecule has 82 valence electrons. The summed E-state index contributed by atoms with van der Waals surface area (Å²) in [6.07, 6.45) is 3.88. The van der Waals surface area contributed by atoms with Gasteiger partial charge in [-0.15, -0.1) is 0 Å². The third-order valence-electron chi connectivity index (χ3n) is 2.39. The molecule has 1 aromatic carbocycles. The molecule has 0 bridgehead atoms. The predicted molar refractivity (Wildman–Crippen MR) is 62.3 cm³/mol. The summed E-state index contributed by atoms with van der Waals surface area (Å²) >= 11 is 0. The number of hydrogen-bond donors (Lipinski definition) is 2. The van der Waals surface area contributed by atoms with Gasteiger partial charge in [0.2, 0.25) is 0 Å². The van der Waals surface area contributed by atoms with Crippen molar-refractivity contribution in [2.45, 2.75) is 25.4 Å². The number of rotatable bonds is 6. The van der Waals surface area contributed by atoms with E-state index in [0.717, 1.165) is 30.9 Å². The molecule has 0 atom stereocenters. The summed E-state index contributed by atoms with van der Waals surface area (Å²) in [5.74, 6) is 0.974. The van der Waals surface area contributed by atoms with Crippen LogP contribution in [-0.4, -0.2) is 19.2 Å². The Balaban J connectivity index is 1.80. The normalized spacial score (nSPS) is 15.0. The Morgan fingerprint density at radius 1 is 1.27 bits per heavy atom. The summed E-state index contributed by atoms with van der Waals surface area (Å²) in [5.41, 5.74) is 6.55. The van der Waals surface area contributed by atoms with Gasteiger partial charge < -0.3 is 15.8 Å². The molecule has 0 radical (unpaired) electrons. The molecule has 0 aliphatic heterocycles. The highest BCUT2D eigenvalue weighted by Crippen LogP contribution is 2.27. The molecule has 2 rings (SSSR count). The second-order valence-electron chi connectivity index (χ2n) is 3.91. The van der Waals surface area contributed by atoms with Gasteiger partial charge in [0.05, 0.1) is 6.10 Å². The molecule has 1 fully saturated rings. The molecule has 3 N–H and O–H groups in total. The van der Waals surface area contributed by atoms with Gasteiger partial charge in [0.15, 0.2) is 0 Å². The van der Waals surface area contributed by atoms with Gasteiger partial charge in [-0.25, -0.2) is 0 Å². The first-order valence-electron chi connectivity index (χ1n) is 5.59. The molecule has 0 amide bonds. The van der Waals surface area contributed by atoms with Crippen LogP contribution in [0, 0.1) is 0 Å². The van der Waals surface area contributed by atoms with Crippen LogP contribution in [0.3, 0.4) is 0 Å². The highest BCUT2D eigenvalue weighted by Gasteiger charge is 2.23. The Morgan fingerprint density at radius 3 is 2.60 bits per heavy atom. The van der Waals surface area contributed by atoms with Gasteiger partial charge in [-0.2, -0.15) is 0 Å². The van der Waals surface area contributed by atoms with Gasteiger partial charge in [0.1, 0.15) is 5.75 Å². The lowest BCUT2D eigenvalue weighted by Crippen LogP contribution is -2.08. The largest absolute Gasteiger partial charge is 0.490 e. The Morgan fingerprint density at radius 2 is 2.00 bits per heavy atom. The minimum Gasteiger partial charge on any atom is -0.490 e. The number of nitrogens with one attached hydrogen (secondary N) is 1. The maximum absolute atomic E-state index is 5.66. The Hall–Kier alpha value is -1.22. The summed E-state index contributed by atoms with van der Waals surface area (Å²) < 4.78 is 5.66. The van der Waals surface area contributed by atoms with Gasteiger partial charge in [0.25, 0.3) is 0 Å². The number of ether oxygens (including phenoxy) is 1. The molecule has 3 heteroatoms. The van der Waals surface area contributed by atoms with E-state index in [2.05, 4.69) is 5.32 Å². The van der Waals surface area contributed by atoms with E-state index in [-0.39, 0.29) is 0 Å². The molecule has 1 aliphatic carbocycles. The molecule has 1 aliphatic rings. The molecular weight excluding hydrogens is 188 g/mol. The van der Waals surface area contributed by atoms with Crippen LogP contribution in [0.1, 0.15) is 19.3 Å². The molecule has 0 heterocycles. The first-order valence-corrected chi connectivity index (χ1v) is 5.59. The summed E-state index contributed by atoms with van der Waals surface area (Å²) in [4.78, 5) is 0. The van der Waals surface area contributed by atoms with Crippen LogP contribution in [-0.2, 0) is 0 Å². The number of benzene rings is 1. The van der Waals surface area contributed by atoms with E-state index in [9.17, 15) is 0 Å². The predicted octanol–water partition coefficient (Wildman–Crippen LogP) is 1.99. The molecule has 1 saturated carbocycles. The number of nitrogens with two attached hydrogens (primary N) is 1. The summed E-state index contributed by atoms with van der Waals surface area (Å²) in [5, 5.41) is 3.31. The van der Waals surface area contributed by atoms with Crippen LogP contribution in [0.2, 0.25) is 0 Å². The average molecular weight is 206 g/mol. The van der Waals surface area contributed by atoms with Gasteiger partial charge >= 0.3 is 0 Å². The fourth-order valence-electron chi connectivity index (χ4n) is 1.36. The molecule has 15 heavy (non-hydrogen) atoms. The van der Waals surface area contributed by atoms with Crippen LogP contribution in [0.4, 0.5) is 5.69 Å². The van der Waals surface area contributed by atoms with Gasteiger partial charge in [0, 0.05) is 12.2 Å². The van der Waals surface area contributed by atoms with Crippen LogP contribution in [0.15, 0.2) is 24.3 Å². The van der Waals surface area contributed by atoms with Crippen molar-refractivity contribution in [2.75, 3.05) is 18.4 Å². The van der Waals surface area contributed by atoms with Crippen molar-refractivity contribution in [3.05, 3.63) is 24.3 Å². The number of anilines is 1. The zero-order valence-electron chi connectivity index (χ0n) is 8.91. The lowest BCUT2D eigenvalue weighted by molar-refractivity contribution is 0.303. The summed E-state index contributed by atoms with van der Waals surface area (Å²) in [6, 6.07) is 8.13. The Kier molecular flexibility index (Phi) is 3.45. The molecule has 0 aromatic heterocycles.